The Hall–Kier alpha value is -1.40. The quantitative estimate of drug-likeness (QED) is 0.750. The highest BCUT2D eigenvalue weighted by Crippen LogP contribution is 2.37. The van der Waals surface area contributed by atoms with Crippen molar-refractivity contribution in [2.24, 2.45) is 0 Å². The number of aryl methyl sites for hydroxylation is 2. The minimum atomic E-state index is -5.68. The Labute approximate surface area is 99.4 Å². The van der Waals surface area contributed by atoms with Gasteiger partial charge in [0.1, 0.15) is 5.75 Å². The van der Waals surface area contributed by atoms with Crippen molar-refractivity contribution in [3.63, 3.8) is 0 Å². The van der Waals surface area contributed by atoms with Crippen LogP contribution in [0.1, 0.15) is 11.1 Å². The Bertz CT molecular complexity index is 426. The summed E-state index contributed by atoms with van der Waals surface area (Å²) in [5, 5.41) is 0. The third-order valence-corrected chi connectivity index (χ3v) is 2.17. The predicted octanol–water partition coefficient (Wildman–Crippen LogP) is 4.18. The minimum Gasteiger partial charge on any atom is -0.430 e. The van der Waals surface area contributed by atoms with Crippen LogP contribution in [0.15, 0.2) is 18.2 Å². The van der Waals surface area contributed by atoms with Gasteiger partial charge in [0, 0.05) is 0 Å². The van der Waals surface area contributed by atoms with E-state index in [9.17, 15) is 26.3 Å². The average Bonchev–Trinajstić information content (AvgIpc) is 2.20. The van der Waals surface area contributed by atoms with E-state index in [0.29, 0.717) is 5.56 Å². The smallest absolute Gasteiger partial charge is 0.430 e. The predicted molar refractivity (Wildman–Crippen MR) is 52.4 cm³/mol. The highest BCUT2D eigenvalue weighted by Gasteiger charge is 2.59. The molecule has 0 bridgehead atoms. The standard InChI is InChI=1S/C11H10F6O/c1-6-3-4-7(2)8(5-6)18-11(16,17)9(12)10(13,14)15/h3-5,9H,1-2H3. The zero-order valence-electron chi connectivity index (χ0n) is 9.49. The van der Waals surface area contributed by atoms with E-state index < -0.39 is 24.2 Å². The summed E-state index contributed by atoms with van der Waals surface area (Å²) < 4.78 is 78.1. The maximum atomic E-state index is 13.0. The maximum Gasteiger partial charge on any atom is 0.439 e. The first kappa shape index (κ1) is 14.7. The summed E-state index contributed by atoms with van der Waals surface area (Å²) in [6.07, 6.45) is -15.0. The molecule has 0 spiro atoms. The van der Waals surface area contributed by atoms with Crippen LogP contribution < -0.4 is 4.74 Å². The van der Waals surface area contributed by atoms with Crippen LogP contribution in [0.4, 0.5) is 26.3 Å². The summed E-state index contributed by atoms with van der Waals surface area (Å²) in [5.74, 6) is -0.480. The van der Waals surface area contributed by atoms with Gasteiger partial charge in [0.25, 0.3) is 6.17 Å². The number of ether oxygens (including phenoxy) is 1. The molecule has 1 aromatic rings. The molecule has 0 aromatic heterocycles. The van der Waals surface area contributed by atoms with E-state index >= 15 is 0 Å². The van der Waals surface area contributed by atoms with E-state index in [2.05, 4.69) is 4.74 Å². The Morgan fingerprint density at radius 1 is 1.06 bits per heavy atom. The summed E-state index contributed by atoms with van der Waals surface area (Å²) in [4.78, 5) is 0. The highest BCUT2D eigenvalue weighted by molar-refractivity contribution is 5.36. The molecule has 0 aliphatic rings. The molecular weight excluding hydrogens is 262 g/mol. The Morgan fingerprint density at radius 3 is 2.11 bits per heavy atom. The van der Waals surface area contributed by atoms with Gasteiger partial charge in [-0.25, -0.2) is 4.39 Å². The van der Waals surface area contributed by atoms with Gasteiger partial charge in [0.05, 0.1) is 0 Å². The van der Waals surface area contributed by atoms with Crippen molar-refractivity contribution in [2.75, 3.05) is 0 Å². The lowest BCUT2D eigenvalue weighted by atomic mass is 10.1. The fraction of sp³-hybridized carbons (Fsp3) is 0.455. The average molecular weight is 272 g/mol. The van der Waals surface area contributed by atoms with E-state index in [-0.39, 0.29) is 5.56 Å². The van der Waals surface area contributed by atoms with Crippen LogP contribution in [0.25, 0.3) is 0 Å². The molecule has 0 aliphatic carbocycles. The van der Waals surface area contributed by atoms with Crippen molar-refractivity contribution >= 4 is 0 Å². The second-order valence-electron chi connectivity index (χ2n) is 3.84. The monoisotopic (exact) mass is 272 g/mol. The van der Waals surface area contributed by atoms with Crippen molar-refractivity contribution in [1.29, 1.82) is 0 Å². The van der Waals surface area contributed by atoms with Gasteiger partial charge in [-0.05, 0) is 31.0 Å². The van der Waals surface area contributed by atoms with Crippen LogP contribution in [0.2, 0.25) is 0 Å². The first-order valence-corrected chi connectivity index (χ1v) is 4.89. The topological polar surface area (TPSA) is 9.23 Å². The van der Waals surface area contributed by atoms with Gasteiger partial charge < -0.3 is 4.74 Å². The van der Waals surface area contributed by atoms with Crippen molar-refractivity contribution in [3.8, 4) is 5.75 Å². The van der Waals surface area contributed by atoms with Crippen LogP contribution in [0.5, 0.6) is 5.75 Å². The van der Waals surface area contributed by atoms with Crippen molar-refractivity contribution in [3.05, 3.63) is 29.3 Å². The molecule has 1 aromatic carbocycles. The number of benzene rings is 1. The molecule has 1 unspecified atom stereocenters. The van der Waals surface area contributed by atoms with Crippen LogP contribution in [-0.4, -0.2) is 18.5 Å². The molecule has 0 saturated carbocycles. The summed E-state index contributed by atoms with van der Waals surface area (Å²) in [5.41, 5.74) is 0.698. The minimum absolute atomic E-state index is 0.189. The molecule has 0 saturated heterocycles. The molecule has 0 radical (unpaired) electrons. The molecule has 7 heteroatoms. The van der Waals surface area contributed by atoms with Gasteiger partial charge >= 0.3 is 12.3 Å². The van der Waals surface area contributed by atoms with Crippen molar-refractivity contribution in [2.45, 2.75) is 32.3 Å². The van der Waals surface area contributed by atoms with Gasteiger partial charge in [-0.1, -0.05) is 12.1 Å². The van der Waals surface area contributed by atoms with Gasteiger partial charge in [0.15, 0.2) is 0 Å². The number of halogens is 6. The third-order valence-electron chi connectivity index (χ3n) is 2.17. The van der Waals surface area contributed by atoms with Gasteiger partial charge in [-0.15, -0.1) is 0 Å². The molecule has 0 heterocycles. The molecule has 0 amide bonds. The number of alkyl halides is 6. The molecule has 1 rings (SSSR count). The second-order valence-corrected chi connectivity index (χ2v) is 3.84. The molecule has 102 valence electrons. The van der Waals surface area contributed by atoms with E-state index in [0.717, 1.165) is 6.07 Å². The van der Waals surface area contributed by atoms with Gasteiger partial charge in [-0.2, -0.15) is 22.0 Å². The van der Waals surface area contributed by atoms with E-state index in [4.69, 9.17) is 0 Å². The van der Waals surface area contributed by atoms with E-state index in [1.807, 2.05) is 0 Å². The Morgan fingerprint density at radius 2 is 1.61 bits per heavy atom. The van der Waals surface area contributed by atoms with E-state index in [1.165, 1.54) is 13.0 Å². The number of rotatable bonds is 3. The summed E-state index contributed by atoms with van der Waals surface area (Å²) in [6.45, 7) is 2.91. The molecule has 18 heavy (non-hydrogen) atoms. The normalized spacial score (nSPS) is 14.4. The lowest BCUT2D eigenvalue weighted by Crippen LogP contribution is -2.45. The van der Waals surface area contributed by atoms with Crippen molar-refractivity contribution < 1.29 is 31.1 Å². The molecule has 1 nitrogen and oxygen atoms in total. The van der Waals surface area contributed by atoms with E-state index in [1.54, 1.807) is 13.0 Å². The Kier molecular flexibility index (Phi) is 3.83. The second kappa shape index (κ2) is 4.70. The molecular formula is C11H10F6O. The van der Waals surface area contributed by atoms with Crippen molar-refractivity contribution in [1.82, 2.24) is 0 Å². The molecule has 1 atom stereocenters. The summed E-state index contributed by atoms with van der Waals surface area (Å²) >= 11 is 0. The van der Waals surface area contributed by atoms with Gasteiger partial charge in [-0.3, -0.25) is 0 Å². The molecule has 0 fully saturated rings. The Balaban J connectivity index is 2.98. The molecule has 0 aliphatic heterocycles. The maximum absolute atomic E-state index is 13.0. The van der Waals surface area contributed by atoms with Crippen LogP contribution >= 0.6 is 0 Å². The lowest BCUT2D eigenvalue weighted by Gasteiger charge is -2.24. The fourth-order valence-electron chi connectivity index (χ4n) is 1.21. The first-order chi connectivity index (χ1) is 8.04. The van der Waals surface area contributed by atoms with Crippen LogP contribution in [-0.2, 0) is 0 Å². The zero-order valence-corrected chi connectivity index (χ0v) is 9.49. The van der Waals surface area contributed by atoms with Crippen LogP contribution in [0.3, 0.4) is 0 Å². The molecule has 0 N–H and O–H groups in total. The fourth-order valence-corrected chi connectivity index (χ4v) is 1.21. The SMILES string of the molecule is Cc1ccc(C)c(OC(F)(F)C(F)C(F)(F)F)c1. The van der Waals surface area contributed by atoms with Gasteiger partial charge in [0.2, 0.25) is 0 Å². The zero-order chi connectivity index (χ0) is 14.1. The largest absolute Gasteiger partial charge is 0.439 e. The highest BCUT2D eigenvalue weighted by atomic mass is 19.4. The number of hydrogen-bond donors (Lipinski definition) is 0. The first-order valence-electron chi connectivity index (χ1n) is 4.89. The van der Waals surface area contributed by atoms with Crippen LogP contribution in [0, 0.1) is 13.8 Å². The summed E-state index contributed by atoms with van der Waals surface area (Å²) in [7, 11) is 0. The summed E-state index contributed by atoms with van der Waals surface area (Å²) in [6, 6.07) is 4.07. The lowest BCUT2D eigenvalue weighted by molar-refractivity contribution is -0.305. The third kappa shape index (κ3) is 3.30. The number of hydrogen-bond acceptors (Lipinski definition) is 1.